The quantitative estimate of drug-likeness (QED) is 0.705. The maximum absolute atomic E-state index is 8.60. The first-order chi connectivity index (χ1) is 6.84. The Bertz CT molecular complexity index is 240. The molecule has 0 saturated heterocycles. The van der Waals surface area contributed by atoms with E-state index in [4.69, 9.17) is 10.8 Å². The third kappa shape index (κ3) is 4.13. The minimum absolute atomic E-state index is 0.127. The molecule has 1 rings (SSSR count). The topological polar surface area (TPSA) is 46.2 Å². The van der Waals surface area contributed by atoms with Gasteiger partial charge in [-0.2, -0.15) is 11.8 Å². The molecule has 0 aliphatic carbocycles. The van der Waals surface area contributed by atoms with Crippen molar-refractivity contribution in [1.82, 2.24) is 0 Å². The molecule has 1 aromatic rings. The van der Waals surface area contributed by atoms with E-state index in [9.17, 15) is 0 Å². The third-order valence-corrected chi connectivity index (χ3v) is 3.03. The summed E-state index contributed by atoms with van der Waals surface area (Å²) >= 11 is 1.75. The molecule has 0 radical (unpaired) electrons. The molecule has 0 aliphatic rings. The third-order valence-electron chi connectivity index (χ3n) is 2.04. The van der Waals surface area contributed by atoms with Gasteiger partial charge in [-0.3, -0.25) is 0 Å². The molecule has 0 spiro atoms. The molecule has 0 aliphatic heterocycles. The summed E-state index contributed by atoms with van der Waals surface area (Å²) in [5, 5.41) is 8.60. The van der Waals surface area contributed by atoms with Crippen molar-refractivity contribution in [2.75, 3.05) is 18.1 Å². The highest BCUT2D eigenvalue weighted by Gasteiger charge is 2.03. The van der Waals surface area contributed by atoms with Gasteiger partial charge in [-0.05, 0) is 17.7 Å². The van der Waals surface area contributed by atoms with Gasteiger partial charge in [0.1, 0.15) is 0 Å². The van der Waals surface area contributed by atoms with Crippen LogP contribution in [0.15, 0.2) is 30.3 Å². The van der Waals surface area contributed by atoms with E-state index >= 15 is 0 Å². The molecule has 3 heteroatoms. The molecular formula is C11H17NOS. The molecule has 0 heterocycles. The first-order valence-electron chi connectivity index (χ1n) is 4.83. The molecule has 0 saturated carbocycles. The lowest BCUT2D eigenvalue weighted by Gasteiger charge is -2.10. The Hall–Kier alpha value is -0.510. The predicted molar refractivity (Wildman–Crippen MR) is 62.4 cm³/mol. The van der Waals surface area contributed by atoms with Gasteiger partial charge in [0.25, 0.3) is 0 Å². The van der Waals surface area contributed by atoms with Gasteiger partial charge in [-0.25, -0.2) is 0 Å². The molecule has 0 bridgehead atoms. The smallest absolute Gasteiger partial charge is 0.0521 e. The second-order valence-corrected chi connectivity index (χ2v) is 4.37. The maximum atomic E-state index is 8.60. The van der Waals surface area contributed by atoms with E-state index in [2.05, 4.69) is 12.1 Å². The average molecular weight is 211 g/mol. The Morgan fingerprint density at radius 1 is 1.21 bits per heavy atom. The van der Waals surface area contributed by atoms with E-state index in [0.717, 1.165) is 17.9 Å². The SMILES string of the molecule is N[C@H](CCSCCO)c1ccccc1. The van der Waals surface area contributed by atoms with Gasteiger partial charge in [0.05, 0.1) is 6.61 Å². The van der Waals surface area contributed by atoms with Gasteiger partial charge in [0.2, 0.25) is 0 Å². The van der Waals surface area contributed by atoms with E-state index in [1.54, 1.807) is 11.8 Å². The van der Waals surface area contributed by atoms with Crippen molar-refractivity contribution in [1.29, 1.82) is 0 Å². The van der Waals surface area contributed by atoms with Crippen LogP contribution in [0.1, 0.15) is 18.0 Å². The number of aliphatic hydroxyl groups is 1. The summed E-state index contributed by atoms with van der Waals surface area (Å²) in [6.45, 7) is 0.255. The number of nitrogens with two attached hydrogens (primary N) is 1. The molecule has 3 N–H and O–H groups in total. The highest BCUT2D eigenvalue weighted by atomic mass is 32.2. The number of aliphatic hydroxyl groups excluding tert-OH is 1. The molecule has 14 heavy (non-hydrogen) atoms. The highest BCUT2D eigenvalue weighted by Crippen LogP contribution is 2.15. The largest absolute Gasteiger partial charge is 0.396 e. The van der Waals surface area contributed by atoms with Gasteiger partial charge in [0, 0.05) is 11.8 Å². The second kappa shape index (κ2) is 6.87. The molecule has 0 unspecified atom stereocenters. The van der Waals surface area contributed by atoms with E-state index in [-0.39, 0.29) is 12.6 Å². The summed E-state index contributed by atoms with van der Waals surface area (Å²) in [5.74, 6) is 1.82. The average Bonchev–Trinajstić information content (AvgIpc) is 2.25. The number of rotatable bonds is 6. The fraction of sp³-hybridized carbons (Fsp3) is 0.455. The van der Waals surface area contributed by atoms with Crippen molar-refractivity contribution in [3.8, 4) is 0 Å². The zero-order valence-corrected chi connectivity index (χ0v) is 9.04. The van der Waals surface area contributed by atoms with Crippen LogP contribution < -0.4 is 5.73 Å². The van der Waals surface area contributed by atoms with Gasteiger partial charge in [-0.1, -0.05) is 30.3 Å². The Morgan fingerprint density at radius 3 is 2.57 bits per heavy atom. The molecule has 2 nitrogen and oxygen atoms in total. The molecule has 0 fully saturated rings. The number of hydrogen-bond donors (Lipinski definition) is 2. The lowest BCUT2D eigenvalue weighted by molar-refractivity contribution is 0.322. The number of hydrogen-bond acceptors (Lipinski definition) is 3. The summed E-state index contributed by atoms with van der Waals surface area (Å²) < 4.78 is 0. The van der Waals surface area contributed by atoms with Crippen LogP contribution >= 0.6 is 11.8 Å². The molecule has 1 aromatic carbocycles. The highest BCUT2D eigenvalue weighted by molar-refractivity contribution is 7.99. The van der Waals surface area contributed by atoms with Crippen molar-refractivity contribution >= 4 is 11.8 Å². The van der Waals surface area contributed by atoms with Crippen LogP contribution in [0.3, 0.4) is 0 Å². The Labute approximate surface area is 89.5 Å². The summed E-state index contributed by atoms with van der Waals surface area (Å²) in [6.07, 6.45) is 0.967. The summed E-state index contributed by atoms with van der Waals surface area (Å²) in [6, 6.07) is 10.3. The van der Waals surface area contributed by atoms with Crippen molar-refractivity contribution in [3.05, 3.63) is 35.9 Å². The zero-order chi connectivity index (χ0) is 10.2. The van der Waals surface area contributed by atoms with Crippen LogP contribution in [-0.4, -0.2) is 23.2 Å². The minimum atomic E-state index is 0.127. The molecule has 78 valence electrons. The maximum Gasteiger partial charge on any atom is 0.0521 e. The summed E-state index contributed by atoms with van der Waals surface area (Å²) in [5.41, 5.74) is 7.19. The second-order valence-electron chi connectivity index (χ2n) is 3.14. The fourth-order valence-corrected chi connectivity index (χ4v) is 2.00. The number of thioether (sulfide) groups is 1. The fourth-order valence-electron chi connectivity index (χ4n) is 1.24. The predicted octanol–water partition coefficient (Wildman–Crippen LogP) is 1.80. The molecule has 1 atom stereocenters. The standard InChI is InChI=1S/C11H17NOS/c12-11(6-8-14-9-7-13)10-4-2-1-3-5-10/h1-5,11,13H,6-9,12H2/t11-/m1/s1. The van der Waals surface area contributed by atoms with Crippen LogP contribution in [0.2, 0.25) is 0 Å². The van der Waals surface area contributed by atoms with Crippen LogP contribution in [0.25, 0.3) is 0 Å². The molecule has 0 amide bonds. The number of benzene rings is 1. The van der Waals surface area contributed by atoms with Crippen LogP contribution in [0, 0.1) is 0 Å². The lowest BCUT2D eigenvalue weighted by Crippen LogP contribution is -2.11. The van der Waals surface area contributed by atoms with E-state index in [1.807, 2.05) is 18.2 Å². The van der Waals surface area contributed by atoms with Gasteiger partial charge in [-0.15, -0.1) is 0 Å². The van der Waals surface area contributed by atoms with E-state index in [0.29, 0.717) is 0 Å². The first-order valence-corrected chi connectivity index (χ1v) is 5.99. The van der Waals surface area contributed by atoms with Gasteiger partial charge < -0.3 is 10.8 Å². The van der Waals surface area contributed by atoms with Crippen LogP contribution in [0.5, 0.6) is 0 Å². The van der Waals surface area contributed by atoms with Crippen LogP contribution in [0.4, 0.5) is 0 Å². The monoisotopic (exact) mass is 211 g/mol. The molecule has 0 aromatic heterocycles. The van der Waals surface area contributed by atoms with E-state index < -0.39 is 0 Å². The normalized spacial score (nSPS) is 12.7. The lowest BCUT2D eigenvalue weighted by atomic mass is 10.1. The summed E-state index contributed by atoms with van der Waals surface area (Å²) in [7, 11) is 0. The van der Waals surface area contributed by atoms with Crippen molar-refractivity contribution in [2.24, 2.45) is 5.73 Å². The van der Waals surface area contributed by atoms with Crippen molar-refractivity contribution in [2.45, 2.75) is 12.5 Å². The van der Waals surface area contributed by atoms with E-state index in [1.165, 1.54) is 5.56 Å². The van der Waals surface area contributed by atoms with Crippen LogP contribution in [-0.2, 0) is 0 Å². The first kappa shape index (κ1) is 11.6. The Balaban J connectivity index is 2.25. The molecular weight excluding hydrogens is 194 g/mol. The minimum Gasteiger partial charge on any atom is -0.396 e. The zero-order valence-electron chi connectivity index (χ0n) is 8.23. The van der Waals surface area contributed by atoms with Crippen molar-refractivity contribution < 1.29 is 5.11 Å². The Morgan fingerprint density at radius 2 is 1.93 bits per heavy atom. The summed E-state index contributed by atoms with van der Waals surface area (Å²) in [4.78, 5) is 0. The van der Waals surface area contributed by atoms with Gasteiger partial charge >= 0.3 is 0 Å². The Kier molecular flexibility index (Phi) is 5.68. The van der Waals surface area contributed by atoms with Gasteiger partial charge in [0.15, 0.2) is 0 Å². The van der Waals surface area contributed by atoms with Crippen molar-refractivity contribution in [3.63, 3.8) is 0 Å².